The second-order valence-electron chi connectivity index (χ2n) is 8.95. The quantitative estimate of drug-likeness (QED) is 0.269. The Labute approximate surface area is 228 Å². The molecule has 0 aliphatic heterocycles. The average molecular weight is 535 g/mol. The Morgan fingerprint density at radius 1 is 0.525 bits per heavy atom. The zero-order valence-electron chi connectivity index (χ0n) is 21.4. The molecule has 0 unspecified atom stereocenters. The summed E-state index contributed by atoms with van der Waals surface area (Å²) in [4.78, 5) is 46.6. The van der Waals surface area contributed by atoms with Crippen LogP contribution in [0.25, 0.3) is 21.5 Å². The molecule has 0 heterocycles. The first-order valence-corrected chi connectivity index (χ1v) is 12.1. The van der Waals surface area contributed by atoms with Crippen molar-refractivity contribution in [1.82, 2.24) is 0 Å². The average Bonchev–Trinajstić information content (AvgIpc) is 2.98. The molecule has 1 aliphatic carbocycles. The molecule has 1 aliphatic rings. The number of carboxylic acid groups (broad SMARTS) is 2. The molecule has 0 saturated heterocycles. The topological polar surface area (TPSA) is 127 Å². The number of carboxylic acids is 2. The van der Waals surface area contributed by atoms with E-state index in [-0.39, 0.29) is 33.8 Å². The van der Waals surface area contributed by atoms with Crippen molar-refractivity contribution >= 4 is 45.0 Å². The summed E-state index contributed by atoms with van der Waals surface area (Å²) in [7, 11) is 3.19. The first kappa shape index (κ1) is 26.1. The Morgan fingerprint density at radius 2 is 0.950 bits per heavy atom. The number of ketones is 2. The van der Waals surface area contributed by atoms with Gasteiger partial charge in [0.2, 0.25) is 0 Å². The van der Waals surface area contributed by atoms with Gasteiger partial charge in [0.25, 0.3) is 0 Å². The molecular weight excluding hydrogens is 512 g/mol. The molecule has 0 radical (unpaired) electrons. The van der Waals surface area contributed by atoms with Crippen molar-refractivity contribution in [3.63, 3.8) is 0 Å². The number of fused-ring (bicyclic) bond motifs is 4. The number of ether oxygens (including phenoxy) is 2. The molecule has 0 aromatic heterocycles. The summed E-state index contributed by atoms with van der Waals surface area (Å²) in [6.45, 7) is 0. The van der Waals surface area contributed by atoms with Gasteiger partial charge in [0.05, 0.1) is 25.3 Å². The van der Waals surface area contributed by atoms with Gasteiger partial charge in [-0.3, -0.25) is 9.59 Å². The van der Waals surface area contributed by atoms with Gasteiger partial charge in [0, 0.05) is 43.8 Å². The van der Waals surface area contributed by atoms with E-state index in [1.54, 1.807) is 56.7 Å². The Kier molecular flexibility index (Phi) is 6.75. The largest absolute Gasteiger partial charge is 0.495 e. The highest BCUT2D eigenvalue weighted by atomic mass is 16.5. The van der Waals surface area contributed by atoms with Crippen LogP contribution in [0, 0.1) is 0 Å². The highest BCUT2D eigenvalue weighted by molar-refractivity contribution is 6.28. The van der Waals surface area contributed by atoms with E-state index in [2.05, 4.69) is 0 Å². The van der Waals surface area contributed by atoms with E-state index in [4.69, 9.17) is 14.6 Å². The molecule has 0 fully saturated rings. The lowest BCUT2D eigenvalue weighted by molar-refractivity contribution is 0.0686. The summed E-state index contributed by atoms with van der Waals surface area (Å²) in [5, 5.41) is 21.5. The number of carbonyl (C=O) groups excluding carboxylic acids is 2. The lowest BCUT2D eigenvalue weighted by Gasteiger charge is -2.17. The van der Waals surface area contributed by atoms with E-state index in [0.717, 1.165) is 27.3 Å². The molecule has 5 aromatic carbocycles. The maximum atomic E-state index is 12.3. The maximum absolute atomic E-state index is 12.3. The second-order valence-corrected chi connectivity index (χ2v) is 8.95. The van der Waals surface area contributed by atoms with Crippen LogP contribution >= 0.6 is 0 Å². The van der Waals surface area contributed by atoms with E-state index in [0.29, 0.717) is 16.9 Å². The fourth-order valence-electron chi connectivity index (χ4n) is 4.90. The summed E-state index contributed by atoms with van der Waals surface area (Å²) in [5.74, 6) is -1.27. The van der Waals surface area contributed by atoms with Crippen LogP contribution in [0.3, 0.4) is 0 Å². The minimum Gasteiger partial charge on any atom is -0.495 e. The van der Waals surface area contributed by atoms with Gasteiger partial charge in [-0.2, -0.15) is 0 Å². The number of methoxy groups -OCH3 is 2. The summed E-state index contributed by atoms with van der Waals surface area (Å²) in [6.07, 6.45) is 0. The second kappa shape index (κ2) is 10.3. The van der Waals surface area contributed by atoms with Crippen molar-refractivity contribution in [3.8, 4) is 11.5 Å². The van der Waals surface area contributed by atoms with Crippen LogP contribution in [0.2, 0.25) is 0 Å². The molecule has 8 heteroatoms. The first-order valence-electron chi connectivity index (χ1n) is 12.1. The number of benzene rings is 5. The van der Waals surface area contributed by atoms with Crippen molar-refractivity contribution < 1.29 is 38.9 Å². The predicted molar refractivity (Wildman–Crippen MR) is 148 cm³/mol. The van der Waals surface area contributed by atoms with Crippen LogP contribution in [0.1, 0.15) is 52.6 Å². The smallest absolute Gasteiger partial charge is 0.335 e. The molecule has 198 valence electrons. The van der Waals surface area contributed by atoms with E-state index in [9.17, 15) is 24.3 Å². The lowest BCUT2D eigenvalue weighted by atomic mass is 9.83. The third-order valence-electron chi connectivity index (χ3n) is 6.75. The summed E-state index contributed by atoms with van der Waals surface area (Å²) in [5.41, 5.74) is 1.32. The van der Waals surface area contributed by atoms with E-state index >= 15 is 0 Å². The number of rotatable bonds is 4. The molecule has 0 atom stereocenters. The molecule has 5 aromatic rings. The van der Waals surface area contributed by atoms with Gasteiger partial charge in [-0.1, -0.05) is 48.5 Å². The lowest BCUT2D eigenvalue weighted by Crippen LogP contribution is -2.21. The van der Waals surface area contributed by atoms with E-state index in [1.165, 1.54) is 18.2 Å². The van der Waals surface area contributed by atoms with Gasteiger partial charge in [-0.25, -0.2) is 9.59 Å². The molecule has 40 heavy (non-hydrogen) atoms. The normalized spacial score (nSPS) is 11.8. The Balaban J connectivity index is 0.000000162. The van der Waals surface area contributed by atoms with Crippen LogP contribution in [0.15, 0.2) is 84.9 Å². The zero-order valence-corrected chi connectivity index (χ0v) is 21.4. The molecule has 6 rings (SSSR count). The van der Waals surface area contributed by atoms with Crippen molar-refractivity contribution in [3.05, 3.63) is 118 Å². The fourth-order valence-corrected chi connectivity index (χ4v) is 4.90. The summed E-state index contributed by atoms with van der Waals surface area (Å²) in [6, 6.07) is 23.2. The number of aromatic carboxylic acids is 2. The van der Waals surface area contributed by atoms with Crippen molar-refractivity contribution in [2.45, 2.75) is 0 Å². The van der Waals surface area contributed by atoms with Gasteiger partial charge < -0.3 is 19.7 Å². The van der Waals surface area contributed by atoms with Gasteiger partial charge in [0.15, 0.2) is 11.6 Å². The Bertz CT molecular complexity index is 1870. The predicted octanol–water partition coefficient (Wildman–Crippen LogP) is 5.87. The van der Waals surface area contributed by atoms with Crippen molar-refractivity contribution in [2.75, 3.05) is 14.2 Å². The molecule has 0 bridgehead atoms. The van der Waals surface area contributed by atoms with Crippen LogP contribution in [-0.2, 0) is 0 Å². The Hall–Kier alpha value is -5.50. The van der Waals surface area contributed by atoms with Gasteiger partial charge >= 0.3 is 11.9 Å². The van der Waals surface area contributed by atoms with Crippen LogP contribution in [0.4, 0.5) is 0 Å². The summed E-state index contributed by atoms with van der Waals surface area (Å²) < 4.78 is 11.1. The van der Waals surface area contributed by atoms with Gasteiger partial charge in [-0.05, 0) is 36.4 Å². The van der Waals surface area contributed by atoms with Crippen LogP contribution in [-0.4, -0.2) is 47.9 Å². The number of hydrogen-bond acceptors (Lipinski definition) is 6. The Morgan fingerprint density at radius 3 is 1.50 bits per heavy atom. The molecule has 2 N–H and O–H groups in total. The van der Waals surface area contributed by atoms with Crippen LogP contribution < -0.4 is 9.47 Å². The minimum absolute atomic E-state index is 0.000666. The molecule has 0 spiro atoms. The van der Waals surface area contributed by atoms with Gasteiger partial charge in [0.1, 0.15) is 11.5 Å². The SMILES string of the molecule is COc1c2ccccc2c(OC)c2cc(C(=O)O)ccc12.O=C(O)c1ccc2c(c1)C(=O)c1ccccc1C2=O. The third-order valence-corrected chi connectivity index (χ3v) is 6.75. The number of hydrogen-bond donors (Lipinski definition) is 2. The maximum Gasteiger partial charge on any atom is 0.335 e. The van der Waals surface area contributed by atoms with E-state index < -0.39 is 11.9 Å². The first-order chi connectivity index (χ1) is 19.3. The zero-order chi connectivity index (χ0) is 28.6. The fraction of sp³-hybridized carbons (Fsp3) is 0.0625. The monoisotopic (exact) mass is 534 g/mol. The molecule has 0 saturated carbocycles. The third kappa shape index (κ3) is 4.31. The minimum atomic E-state index is -1.12. The highest BCUT2D eigenvalue weighted by Gasteiger charge is 2.29. The molecular formula is C32H22O8. The highest BCUT2D eigenvalue weighted by Crippen LogP contribution is 2.42. The number of carbonyl (C=O) groups is 4. The summed E-state index contributed by atoms with van der Waals surface area (Å²) >= 11 is 0. The van der Waals surface area contributed by atoms with E-state index in [1.807, 2.05) is 24.3 Å². The van der Waals surface area contributed by atoms with Crippen LogP contribution in [0.5, 0.6) is 11.5 Å². The molecule has 0 amide bonds. The van der Waals surface area contributed by atoms with Crippen molar-refractivity contribution in [2.24, 2.45) is 0 Å². The van der Waals surface area contributed by atoms with Crippen molar-refractivity contribution in [1.29, 1.82) is 0 Å². The molecule has 8 nitrogen and oxygen atoms in total. The van der Waals surface area contributed by atoms with Gasteiger partial charge in [-0.15, -0.1) is 0 Å². The standard InChI is InChI=1S/C17H14O4.C15H8O4/c1-20-15-11-5-3-4-6-12(11)16(21-2)14-9-10(17(18)19)7-8-13(14)15;16-13-9-3-1-2-4-10(9)14(17)12-7-8(15(18)19)5-6-11(12)13/h3-9H,1-2H3,(H,18,19);1-7H,(H,18,19).